The summed E-state index contributed by atoms with van der Waals surface area (Å²) < 4.78 is 7.33. The van der Waals surface area contributed by atoms with Gasteiger partial charge in [-0.3, -0.25) is 9.36 Å². The van der Waals surface area contributed by atoms with Crippen LogP contribution >= 0.6 is 11.8 Å². The molecule has 7 heteroatoms. The number of thioether (sulfide) groups is 1. The van der Waals surface area contributed by atoms with Crippen molar-refractivity contribution in [3.8, 4) is 11.4 Å². The molecule has 1 amide bonds. The van der Waals surface area contributed by atoms with Crippen molar-refractivity contribution >= 4 is 23.4 Å². The summed E-state index contributed by atoms with van der Waals surface area (Å²) in [5, 5.41) is 11.9. The number of amides is 1. The molecule has 6 nitrogen and oxygen atoms in total. The van der Waals surface area contributed by atoms with E-state index in [0.29, 0.717) is 17.5 Å². The number of aromatic nitrogens is 3. The molecule has 0 fully saturated rings. The first-order valence-electron chi connectivity index (χ1n) is 9.18. The SMILES string of the molecule is C=CCn1c(SC(C)C(=O)Nc2ccc(CC)cc2)nnc1-c1ccoc1C. The lowest BCUT2D eigenvalue weighted by Gasteiger charge is -2.13. The van der Waals surface area contributed by atoms with Crippen molar-refractivity contribution in [3.05, 3.63) is 60.6 Å². The van der Waals surface area contributed by atoms with Gasteiger partial charge in [0, 0.05) is 12.2 Å². The van der Waals surface area contributed by atoms with Gasteiger partial charge in [-0.15, -0.1) is 16.8 Å². The van der Waals surface area contributed by atoms with Crippen molar-refractivity contribution in [3.63, 3.8) is 0 Å². The molecule has 1 atom stereocenters. The van der Waals surface area contributed by atoms with E-state index in [9.17, 15) is 4.79 Å². The van der Waals surface area contributed by atoms with Gasteiger partial charge in [0.05, 0.1) is 17.1 Å². The van der Waals surface area contributed by atoms with Crippen LogP contribution in [0.3, 0.4) is 0 Å². The minimum atomic E-state index is -0.336. The molecule has 1 N–H and O–H groups in total. The molecular formula is C21H24N4O2S. The van der Waals surface area contributed by atoms with Crippen LogP contribution in [0.15, 0.2) is 58.8 Å². The lowest BCUT2D eigenvalue weighted by Crippen LogP contribution is -2.23. The minimum Gasteiger partial charge on any atom is -0.469 e. The van der Waals surface area contributed by atoms with Gasteiger partial charge in [-0.1, -0.05) is 36.9 Å². The third-order valence-corrected chi connectivity index (χ3v) is 5.49. The summed E-state index contributed by atoms with van der Waals surface area (Å²) in [5.74, 6) is 1.40. The van der Waals surface area contributed by atoms with Gasteiger partial charge in [-0.2, -0.15) is 0 Å². The van der Waals surface area contributed by atoms with Crippen LogP contribution in [0, 0.1) is 6.92 Å². The molecule has 2 heterocycles. The number of anilines is 1. The lowest BCUT2D eigenvalue weighted by molar-refractivity contribution is -0.115. The van der Waals surface area contributed by atoms with Crippen molar-refractivity contribution < 1.29 is 9.21 Å². The molecule has 28 heavy (non-hydrogen) atoms. The summed E-state index contributed by atoms with van der Waals surface area (Å²) in [6.45, 7) is 10.2. The maximum atomic E-state index is 12.6. The number of hydrogen-bond donors (Lipinski definition) is 1. The maximum Gasteiger partial charge on any atom is 0.237 e. The van der Waals surface area contributed by atoms with E-state index in [4.69, 9.17) is 4.42 Å². The zero-order valence-corrected chi connectivity index (χ0v) is 17.1. The predicted molar refractivity (Wildman–Crippen MR) is 112 cm³/mol. The van der Waals surface area contributed by atoms with E-state index in [1.165, 1.54) is 17.3 Å². The molecule has 0 saturated heterocycles. The van der Waals surface area contributed by atoms with Gasteiger partial charge in [0.2, 0.25) is 5.91 Å². The van der Waals surface area contributed by atoms with Crippen LogP contribution in [0.4, 0.5) is 5.69 Å². The van der Waals surface area contributed by atoms with E-state index in [2.05, 4.69) is 29.0 Å². The fourth-order valence-electron chi connectivity index (χ4n) is 2.77. The summed E-state index contributed by atoms with van der Waals surface area (Å²) in [6.07, 6.45) is 4.38. The van der Waals surface area contributed by atoms with Crippen LogP contribution in [0.1, 0.15) is 25.2 Å². The minimum absolute atomic E-state index is 0.0801. The fourth-order valence-corrected chi connectivity index (χ4v) is 3.62. The fraction of sp³-hybridized carbons (Fsp3) is 0.286. The Bertz CT molecular complexity index is 959. The second-order valence-corrected chi connectivity index (χ2v) is 7.70. The van der Waals surface area contributed by atoms with Crippen molar-refractivity contribution in [2.24, 2.45) is 0 Å². The van der Waals surface area contributed by atoms with E-state index in [-0.39, 0.29) is 11.2 Å². The molecule has 1 aromatic carbocycles. The smallest absolute Gasteiger partial charge is 0.237 e. The average Bonchev–Trinajstić information content (AvgIpc) is 3.28. The van der Waals surface area contributed by atoms with Crippen molar-refractivity contribution in [2.45, 2.75) is 44.1 Å². The topological polar surface area (TPSA) is 73.0 Å². The van der Waals surface area contributed by atoms with Crippen molar-refractivity contribution in [1.82, 2.24) is 14.8 Å². The van der Waals surface area contributed by atoms with Crippen molar-refractivity contribution in [2.75, 3.05) is 5.32 Å². The second kappa shape index (κ2) is 8.93. The van der Waals surface area contributed by atoms with E-state index < -0.39 is 0 Å². The molecule has 0 saturated carbocycles. The molecule has 0 aliphatic heterocycles. The van der Waals surface area contributed by atoms with Gasteiger partial charge in [0.15, 0.2) is 11.0 Å². The van der Waals surface area contributed by atoms with Crippen LogP contribution in [0.2, 0.25) is 0 Å². The number of allylic oxidation sites excluding steroid dienone is 1. The van der Waals surface area contributed by atoms with Gasteiger partial charge in [0.1, 0.15) is 5.76 Å². The second-order valence-electron chi connectivity index (χ2n) is 6.40. The van der Waals surface area contributed by atoms with Crippen LogP contribution in [0.5, 0.6) is 0 Å². The van der Waals surface area contributed by atoms with Crippen LogP contribution in [-0.2, 0) is 17.8 Å². The number of benzene rings is 1. The summed E-state index contributed by atoms with van der Waals surface area (Å²) in [6, 6.07) is 9.76. The molecule has 0 radical (unpaired) electrons. The highest BCUT2D eigenvalue weighted by Gasteiger charge is 2.21. The first-order chi connectivity index (χ1) is 13.5. The number of carbonyl (C=O) groups is 1. The Morgan fingerprint density at radius 2 is 2.07 bits per heavy atom. The van der Waals surface area contributed by atoms with Crippen LogP contribution < -0.4 is 5.32 Å². The van der Waals surface area contributed by atoms with E-state index in [1.807, 2.05) is 48.7 Å². The quantitative estimate of drug-likeness (QED) is 0.441. The van der Waals surface area contributed by atoms with Gasteiger partial charge in [-0.05, 0) is 44.0 Å². The van der Waals surface area contributed by atoms with Gasteiger partial charge >= 0.3 is 0 Å². The monoisotopic (exact) mass is 396 g/mol. The van der Waals surface area contributed by atoms with E-state index in [1.54, 1.807) is 12.3 Å². The Morgan fingerprint density at radius 3 is 2.68 bits per heavy atom. The highest BCUT2D eigenvalue weighted by Crippen LogP contribution is 2.29. The predicted octanol–water partition coefficient (Wildman–Crippen LogP) is 4.71. The Morgan fingerprint density at radius 1 is 1.32 bits per heavy atom. The first kappa shape index (κ1) is 19.9. The Balaban J connectivity index is 1.74. The molecule has 0 aliphatic carbocycles. The summed E-state index contributed by atoms with van der Waals surface area (Å²) in [4.78, 5) is 12.6. The molecule has 2 aromatic heterocycles. The van der Waals surface area contributed by atoms with E-state index in [0.717, 1.165) is 23.4 Å². The lowest BCUT2D eigenvalue weighted by atomic mass is 10.1. The van der Waals surface area contributed by atoms with Crippen molar-refractivity contribution in [1.29, 1.82) is 0 Å². The van der Waals surface area contributed by atoms with Gasteiger partial charge < -0.3 is 9.73 Å². The molecule has 0 bridgehead atoms. The first-order valence-corrected chi connectivity index (χ1v) is 10.1. The molecule has 146 valence electrons. The zero-order valence-electron chi connectivity index (χ0n) is 16.3. The highest BCUT2D eigenvalue weighted by atomic mass is 32.2. The van der Waals surface area contributed by atoms with Gasteiger partial charge in [0.25, 0.3) is 0 Å². The number of nitrogens with zero attached hydrogens (tertiary/aromatic N) is 3. The Kier molecular flexibility index (Phi) is 6.36. The zero-order chi connectivity index (χ0) is 20.1. The summed E-state index contributed by atoms with van der Waals surface area (Å²) in [5.41, 5.74) is 2.91. The molecule has 1 unspecified atom stereocenters. The molecular weight excluding hydrogens is 372 g/mol. The molecule has 0 aliphatic rings. The van der Waals surface area contributed by atoms with Crippen LogP contribution in [0.25, 0.3) is 11.4 Å². The Hall–Kier alpha value is -2.80. The average molecular weight is 397 g/mol. The highest BCUT2D eigenvalue weighted by molar-refractivity contribution is 8.00. The number of hydrogen-bond acceptors (Lipinski definition) is 5. The molecule has 0 spiro atoms. The number of nitrogens with one attached hydrogen (secondary N) is 1. The van der Waals surface area contributed by atoms with E-state index >= 15 is 0 Å². The number of aryl methyl sites for hydroxylation is 2. The maximum absolute atomic E-state index is 12.6. The summed E-state index contributed by atoms with van der Waals surface area (Å²) in [7, 11) is 0. The largest absolute Gasteiger partial charge is 0.469 e. The third-order valence-electron chi connectivity index (χ3n) is 4.41. The standard InChI is InChI=1S/C21H24N4O2S/c1-5-12-25-19(18-11-13-27-14(18)3)23-24-21(25)28-15(4)20(26)22-17-9-7-16(6-2)8-10-17/h5,7-11,13,15H,1,6,12H2,2-4H3,(H,22,26). The Labute approximate surface area is 169 Å². The number of rotatable bonds is 8. The summed E-state index contributed by atoms with van der Waals surface area (Å²) >= 11 is 1.37. The van der Waals surface area contributed by atoms with Crippen LogP contribution in [-0.4, -0.2) is 25.9 Å². The third kappa shape index (κ3) is 4.36. The number of carbonyl (C=O) groups excluding carboxylic acids is 1. The molecule has 3 rings (SSSR count). The number of furan rings is 1. The van der Waals surface area contributed by atoms with Gasteiger partial charge in [-0.25, -0.2) is 0 Å². The normalized spacial score (nSPS) is 12.0. The molecule has 3 aromatic rings.